The summed E-state index contributed by atoms with van der Waals surface area (Å²) < 4.78 is 42.6. The molecule has 0 radical (unpaired) electrons. The number of aromatic nitrogens is 2. The van der Waals surface area contributed by atoms with Gasteiger partial charge in [-0.2, -0.15) is 10.5 Å². The maximum absolute atomic E-state index is 13.2. The Labute approximate surface area is 158 Å². The summed E-state index contributed by atoms with van der Waals surface area (Å²) in [6, 6.07) is 6.81. The molecule has 0 aliphatic carbocycles. The SMILES string of the molecule is N#Cc1c(S)nc(N2CC(F)C2)c(C#N)c1-c1ccc(OCC(F)F)cn1. The summed E-state index contributed by atoms with van der Waals surface area (Å²) in [4.78, 5) is 9.86. The van der Waals surface area contributed by atoms with E-state index in [1.165, 1.54) is 18.3 Å². The smallest absolute Gasteiger partial charge is 0.272 e. The number of rotatable bonds is 5. The van der Waals surface area contributed by atoms with Crippen LogP contribution in [0.5, 0.6) is 5.75 Å². The van der Waals surface area contributed by atoms with Crippen molar-refractivity contribution < 1.29 is 17.9 Å². The standard InChI is InChI=1S/C17H12F3N5OS/c18-9-6-25(7-9)16-11(3-21)15(12(4-22)17(27)24-16)13-2-1-10(5-23-13)26-8-14(19)20/h1-2,5,9,14H,6-8H2,(H,24,27). The van der Waals surface area contributed by atoms with Crippen LogP contribution in [0.2, 0.25) is 0 Å². The predicted octanol–water partition coefficient (Wildman–Crippen LogP) is 2.98. The number of hydrogen-bond acceptors (Lipinski definition) is 7. The van der Waals surface area contributed by atoms with E-state index in [-0.39, 0.29) is 52.1 Å². The summed E-state index contributed by atoms with van der Waals surface area (Å²) in [6.45, 7) is -0.588. The molecule has 2 aromatic heterocycles. The summed E-state index contributed by atoms with van der Waals surface area (Å²) in [7, 11) is 0. The second-order valence-electron chi connectivity index (χ2n) is 5.69. The number of anilines is 1. The summed E-state index contributed by atoms with van der Waals surface area (Å²) in [5.41, 5.74) is 0.580. The lowest BCUT2D eigenvalue weighted by Gasteiger charge is -2.36. The number of ether oxygens (including phenoxy) is 1. The van der Waals surface area contributed by atoms with Gasteiger partial charge < -0.3 is 9.64 Å². The van der Waals surface area contributed by atoms with Gasteiger partial charge in [-0.3, -0.25) is 4.98 Å². The molecule has 1 fully saturated rings. The van der Waals surface area contributed by atoms with Gasteiger partial charge in [-0.1, -0.05) is 0 Å². The van der Waals surface area contributed by atoms with Gasteiger partial charge in [-0.15, -0.1) is 12.6 Å². The number of nitriles is 2. The van der Waals surface area contributed by atoms with Crippen LogP contribution in [0.4, 0.5) is 19.0 Å². The first-order chi connectivity index (χ1) is 12.9. The molecule has 1 aliphatic rings. The number of halogens is 3. The Bertz CT molecular complexity index is 934. The molecule has 0 atom stereocenters. The zero-order valence-corrected chi connectivity index (χ0v) is 14.6. The third-order valence-corrected chi connectivity index (χ3v) is 4.21. The second-order valence-corrected chi connectivity index (χ2v) is 6.11. The first-order valence-corrected chi connectivity index (χ1v) is 8.22. The van der Waals surface area contributed by atoms with Crippen LogP contribution in [-0.2, 0) is 0 Å². The lowest BCUT2D eigenvalue weighted by molar-refractivity contribution is 0.0817. The molecule has 0 saturated carbocycles. The van der Waals surface area contributed by atoms with E-state index in [4.69, 9.17) is 4.74 Å². The predicted molar refractivity (Wildman–Crippen MR) is 92.8 cm³/mol. The van der Waals surface area contributed by atoms with Crippen molar-refractivity contribution in [3.63, 3.8) is 0 Å². The van der Waals surface area contributed by atoms with Gasteiger partial charge in [0.05, 0.1) is 30.5 Å². The molecule has 3 heterocycles. The monoisotopic (exact) mass is 391 g/mol. The van der Waals surface area contributed by atoms with Crippen LogP contribution < -0.4 is 9.64 Å². The Balaban J connectivity index is 2.06. The molecule has 0 spiro atoms. The molecule has 0 aromatic carbocycles. The van der Waals surface area contributed by atoms with Crippen LogP contribution in [0.25, 0.3) is 11.3 Å². The van der Waals surface area contributed by atoms with Crippen molar-refractivity contribution in [2.24, 2.45) is 0 Å². The van der Waals surface area contributed by atoms with Gasteiger partial charge in [0.15, 0.2) is 0 Å². The van der Waals surface area contributed by atoms with Crippen molar-refractivity contribution in [3.05, 3.63) is 29.5 Å². The number of thiol groups is 1. The van der Waals surface area contributed by atoms with Gasteiger partial charge in [0.2, 0.25) is 0 Å². The van der Waals surface area contributed by atoms with E-state index in [1.54, 1.807) is 4.90 Å². The lowest BCUT2D eigenvalue weighted by Crippen LogP contribution is -2.49. The van der Waals surface area contributed by atoms with Crippen molar-refractivity contribution in [2.45, 2.75) is 17.6 Å². The van der Waals surface area contributed by atoms with Gasteiger partial charge in [0.25, 0.3) is 6.43 Å². The average molecular weight is 391 g/mol. The minimum absolute atomic E-state index is 0.0460. The topological polar surface area (TPSA) is 85.8 Å². The molecule has 1 saturated heterocycles. The molecule has 0 bridgehead atoms. The highest BCUT2D eigenvalue weighted by atomic mass is 32.1. The fourth-order valence-electron chi connectivity index (χ4n) is 2.63. The van der Waals surface area contributed by atoms with E-state index in [9.17, 15) is 23.7 Å². The molecule has 0 unspecified atom stereocenters. The Morgan fingerprint density at radius 1 is 1.26 bits per heavy atom. The van der Waals surface area contributed by atoms with Gasteiger partial charge >= 0.3 is 0 Å². The lowest BCUT2D eigenvalue weighted by atomic mass is 9.99. The van der Waals surface area contributed by atoms with Gasteiger partial charge in [-0.05, 0) is 12.1 Å². The molecule has 10 heteroatoms. The van der Waals surface area contributed by atoms with Crippen molar-refractivity contribution in [2.75, 3.05) is 24.6 Å². The largest absolute Gasteiger partial charge is 0.486 e. The van der Waals surface area contributed by atoms with E-state index < -0.39 is 19.2 Å². The van der Waals surface area contributed by atoms with Crippen LogP contribution in [0.3, 0.4) is 0 Å². The third kappa shape index (κ3) is 3.76. The summed E-state index contributed by atoms with van der Waals surface area (Å²) in [5, 5.41) is 19.2. The summed E-state index contributed by atoms with van der Waals surface area (Å²) in [5.74, 6) is 0.352. The Hall–Kier alpha value is -2.98. The molecule has 0 amide bonds. The van der Waals surface area contributed by atoms with Crippen molar-refractivity contribution in [1.82, 2.24) is 9.97 Å². The molecule has 1 aliphatic heterocycles. The average Bonchev–Trinajstić information content (AvgIpc) is 2.63. The maximum Gasteiger partial charge on any atom is 0.272 e. The van der Waals surface area contributed by atoms with E-state index in [0.29, 0.717) is 0 Å². The molecular weight excluding hydrogens is 379 g/mol. The summed E-state index contributed by atoms with van der Waals surface area (Å²) >= 11 is 4.21. The zero-order valence-electron chi connectivity index (χ0n) is 13.7. The fraction of sp³-hybridized carbons (Fsp3) is 0.294. The van der Waals surface area contributed by atoms with Crippen LogP contribution in [0.15, 0.2) is 23.4 Å². The van der Waals surface area contributed by atoms with Gasteiger partial charge in [0.1, 0.15) is 47.1 Å². The Kier molecular flexibility index (Phi) is 5.38. The third-order valence-electron chi connectivity index (χ3n) is 3.89. The Morgan fingerprint density at radius 3 is 2.48 bits per heavy atom. The van der Waals surface area contributed by atoms with E-state index in [2.05, 4.69) is 22.6 Å². The van der Waals surface area contributed by atoms with Crippen LogP contribution in [0, 0.1) is 22.7 Å². The first-order valence-electron chi connectivity index (χ1n) is 7.78. The fourth-order valence-corrected chi connectivity index (χ4v) is 2.88. The number of hydrogen-bond donors (Lipinski definition) is 1. The number of alkyl halides is 3. The van der Waals surface area contributed by atoms with Crippen molar-refractivity contribution >= 4 is 18.4 Å². The number of pyridine rings is 2. The van der Waals surface area contributed by atoms with Crippen molar-refractivity contribution in [3.8, 4) is 29.1 Å². The van der Waals surface area contributed by atoms with Crippen LogP contribution >= 0.6 is 12.6 Å². The normalized spacial score (nSPS) is 13.8. The molecule has 2 aromatic rings. The highest BCUT2D eigenvalue weighted by Gasteiger charge is 2.32. The van der Waals surface area contributed by atoms with Crippen LogP contribution in [-0.4, -0.2) is 42.3 Å². The zero-order chi connectivity index (χ0) is 19.6. The highest BCUT2D eigenvalue weighted by molar-refractivity contribution is 7.80. The molecule has 0 N–H and O–H groups in total. The van der Waals surface area contributed by atoms with E-state index >= 15 is 0 Å². The van der Waals surface area contributed by atoms with E-state index in [1.807, 2.05) is 12.1 Å². The molecule has 138 valence electrons. The molecule has 6 nitrogen and oxygen atoms in total. The molecular formula is C17H12F3N5OS. The van der Waals surface area contributed by atoms with Gasteiger partial charge in [-0.25, -0.2) is 18.2 Å². The Morgan fingerprint density at radius 2 is 1.96 bits per heavy atom. The van der Waals surface area contributed by atoms with Crippen molar-refractivity contribution in [1.29, 1.82) is 10.5 Å². The number of nitrogens with zero attached hydrogens (tertiary/aromatic N) is 5. The highest BCUT2D eigenvalue weighted by Crippen LogP contribution is 2.36. The second kappa shape index (κ2) is 7.72. The van der Waals surface area contributed by atoms with Gasteiger partial charge in [0, 0.05) is 5.56 Å². The van der Waals surface area contributed by atoms with Crippen LogP contribution in [0.1, 0.15) is 11.1 Å². The minimum Gasteiger partial charge on any atom is -0.486 e. The van der Waals surface area contributed by atoms with E-state index in [0.717, 1.165) is 0 Å². The molecule has 3 rings (SSSR count). The quantitative estimate of drug-likeness (QED) is 0.789. The summed E-state index contributed by atoms with van der Waals surface area (Å²) in [6.07, 6.45) is -2.41. The maximum atomic E-state index is 13.2. The minimum atomic E-state index is -2.62. The molecule has 27 heavy (non-hydrogen) atoms. The first kappa shape index (κ1) is 18.8.